The van der Waals surface area contributed by atoms with Gasteiger partial charge in [0.15, 0.2) is 0 Å². The van der Waals surface area contributed by atoms with Crippen molar-refractivity contribution in [3.8, 4) is 0 Å². The molecule has 0 saturated carbocycles. The molecule has 1 rings (SSSR count). The molecule has 98 valence electrons. The normalized spacial score (nSPS) is 13.5. The summed E-state index contributed by atoms with van der Waals surface area (Å²) < 4.78 is 28.5. The molecular weight excluding hydrogens is 244 g/mol. The Morgan fingerprint density at radius 3 is 2.71 bits per heavy atom. The first kappa shape index (κ1) is 14.5. The molecule has 1 heterocycles. The summed E-state index contributed by atoms with van der Waals surface area (Å²) in [6, 6.07) is 4.37. The van der Waals surface area contributed by atoms with Crippen molar-refractivity contribution in [1.82, 2.24) is 5.32 Å². The quantitative estimate of drug-likeness (QED) is 0.726. The van der Waals surface area contributed by atoms with Crippen LogP contribution in [0.1, 0.15) is 24.8 Å². The smallest absolute Gasteiger partial charge is 0.261 e. The average molecular weight is 263 g/mol. The number of halogens is 2. The van der Waals surface area contributed by atoms with Crippen LogP contribution in [-0.4, -0.2) is 26.2 Å². The molecule has 0 aliphatic carbocycles. The van der Waals surface area contributed by atoms with Crippen LogP contribution in [0, 0.1) is 5.92 Å². The molecule has 0 amide bonds. The fourth-order valence-electron chi connectivity index (χ4n) is 1.59. The fourth-order valence-corrected chi connectivity index (χ4v) is 2.57. The van der Waals surface area contributed by atoms with E-state index in [4.69, 9.17) is 4.74 Å². The molecule has 0 aromatic carbocycles. The van der Waals surface area contributed by atoms with E-state index in [0.29, 0.717) is 19.1 Å². The lowest BCUT2D eigenvalue weighted by atomic mass is 10.0. The Labute approximate surface area is 105 Å². The van der Waals surface area contributed by atoms with E-state index in [1.165, 1.54) is 4.88 Å². The lowest BCUT2D eigenvalue weighted by molar-refractivity contribution is 0.0179. The molecular formula is C12H19F2NOS. The first-order chi connectivity index (χ1) is 8.11. The van der Waals surface area contributed by atoms with E-state index in [2.05, 4.69) is 25.2 Å². The lowest BCUT2D eigenvalue weighted by Gasteiger charge is -2.21. The highest BCUT2D eigenvalue weighted by molar-refractivity contribution is 7.10. The Morgan fingerprint density at radius 1 is 1.41 bits per heavy atom. The maximum absolute atomic E-state index is 11.8. The van der Waals surface area contributed by atoms with Crippen LogP contribution in [0.3, 0.4) is 0 Å². The van der Waals surface area contributed by atoms with Crippen LogP contribution >= 0.6 is 11.3 Å². The largest absolute Gasteiger partial charge is 0.374 e. The van der Waals surface area contributed by atoms with E-state index in [1.54, 1.807) is 11.3 Å². The van der Waals surface area contributed by atoms with Crippen molar-refractivity contribution in [2.45, 2.75) is 26.3 Å². The van der Waals surface area contributed by atoms with Crippen molar-refractivity contribution in [3.05, 3.63) is 22.4 Å². The van der Waals surface area contributed by atoms with Gasteiger partial charge in [-0.05, 0) is 17.4 Å². The van der Waals surface area contributed by atoms with E-state index >= 15 is 0 Å². The molecule has 1 aromatic heterocycles. The maximum atomic E-state index is 11.8. The third kappa shape index (κ3) is 5.57. The molecule has 17 heavy (non-hydrogen) atoms. The topological polar surface area (TPSA) is 21.3 Å². The van der Waals surface area contributed by atoms with Gasteiger partial charge in [0.25, 0.3) is 6.43 Å². The van der Waals surface area contributed by atoms with Gasteiger partial charge in [0, 0.05) is 17.5 Å². The summed E-state index contributed by atoms with van der Waals surface area (Å²) in [5, 5.41) is 5.38. The number of hydrogen-bond acceptors (Lipinski definition) is 3. The van der Waals surface area contributed by atoms with Crippen LogP contribution in [0.4, 0.5) is 8.78 Å². The van der Waals surface area contributed by atoms with Gasteiger partial charge in [0.1, 0.15) is 6.61 Å². The van der Waals surface area contributed by atoms with Gasteiger partial charge in [-0.2, -0.15) is 0 Å². The molecule has 0 saturated heterocycles. The van der Waals surface area contributed by atoms with Crippen molar-refractivity contribution in [3.63, 3.8) is 0 Å². The van der Waals surface area contributed by atoms with Crippen molar-refractivity contribution >= 4 is 11.3 Å². The molecule has 2 nitrogen and oxygen atoms in total. The number of alkyl halides is 2. The molecule has 1 atom stereocenters. The minimum Gasteiger partial charge on any atom is -0.374 e. The van der Waals surface area contributed by atoms with E-state index in [1.807, 2.05) is 11.4 Å². The SMILES string of the molecule is CC(C)C(NCCOCC(F)F)c1cccs1. The first-order valence-corrected chi connectivity index (χ1v) is 6.62. The van der Waals surface area contributed by atoms with Crippen LogP contribution in [0.5, 0.6) is 0 Å². The fraction of sp³-hybridized carbons (Fsp3) is 0.667. The van der Waals surface area contributed by atoms with Crippen LogP contribution < -0.4 is 5.32 Å². The predicted octanol–water partition coefficient (Wildman–Crippen LogP) is 3.32. The third-order valence-corrected chi connectivity index (χ3v) is 3.33. The Morgan fingerprint density at radius 2 is 2.18 bits per heavy atom. The van der Waals surface area contributed by atoms with Crippen molar-refractivity contribution in [2.75, 3.05) is 19.8 Å². The standard InChI is InChI=1S/C12H19F2NOS/c1-9(2)12(10-4-3-7-17-10)15-5-6-16-8-11(13)14/h3-4,7,9,11-12,15H,5-6,8H2,1-2H3. The Hall–Kier alpha value is -0.520. The Kier molecular flexibility index (Phi) is 6.62. The highest BCUT2D eigenvalue weighted by Gasteiger charge is 2.15. The monoisotopic (exact) mass is 263 g/mol. The zero-order valence-corrected chi connectivity index (χ0v) is 11.0. The number of rotatable bonds is 8. The zero-order chi connectivity index (χ0) is 12.7. The minimum atomic E-state index is -2.38. The maximum Gasteiger partial charge on any atom is 0.261 e. The zero-order valence-electron chi connectivity index (χ0n) is 10.2. The van der Waals surface area contributed by atoms with Gasteiger partial charge in [-0.15, -0.1) is 11.3 Å². The van der Waals surface area contributed by atoms with Gasteiger partial charge < -0.3 is 10.1 Å². The Bertz CT molecular complexity index is 291. The lowest BCUT2D eigenvalue weighted by Crippen LogP contribution is -2.28. The van der Waals surface area contributed by atoms with Crippen molar-refractivity contribution < 1.29 is 13.5 Å². The summed E-state index contributed by atoms with van der Waals surface area (Å²) in [6.45, 7) is 4.70. The summed E-state index contributed by atoms with van der Waals surface area (Å²) >= 11 is 1.70. The molecule has 0 spiro atoms. The average Bonchev–Trinajstić information content (AvgIpc) is 2.75. The van der Waals surface area contributed by atoms with Gasteiger partial charge in [-0.25, -0.2) is 8.78 Å². The van der Waals surface area contributed by atoms with Crippen molar-refractivity contribution in [1.29, 1.82) is 0 Å². The predicted molar refractivity (Wildman–Crippen MR) is 66.7 cm³/mol. The number of nitrogens with one attached hydrogen (secondary N) is 1. The van der Waals surface area contributed by atoms with Gasteiger partial charge in [0.05, 0.1) is 6.61 Å². The van der Waals surface area contributed by atoms with E-state index in [9.17, 15) is 8.78 Å². The summed E-state index contributed by atoms with van der Waals surface area (Å²) in [4.78, 5) is 1.27. The summed E-state index contributed by atoms with van der Waals surface area (Å²) in [5.74, 6) is 0.462. The van der Waals surface area contributed by atoms with Crippen molar-refractivity contribution in [2.24, 2.45) is 5.92 Å². The van der Waals surface area contributed by atoms with Crippen LogP contribution in [0.2, 0.25) is 0 Å². The number of ether oxygens (including phenoxy) is 1. The summed E-state index contributed by atoms with van der Waals surface area (Å²) in [7, 11) is 0. The molecule has 0 radical (unpaired) electrons. The summed E-state index contributed by atoms with van der Waals surface area (Å²) in [6.07, 6.45) is -2.38. The first-order valence-electron chi connectivity index (χ1n) is 5.74. The Balaban J connectivity index is 2.27. The second kappa shape index (κ2) is 7.74. The highest BCUT2D eigenvalue weighted by atomic mass is 32.1. The summed E-state index contributed by atoms with van der Waals surface area (Å²) in [5.41, 5.74) is 0. The van der Waals surface area contributed by atoms with E-state index < -0.39 is 13.0 Å². The number of thiophene rings is 1. The van der Waals surface area contributed by atoms with E-state index in [-0.39, 0.29) is 6.04 Å². The molecule has 1 N–H and O–H groups in total. The molecule has 0 aliphatic rings. The molecule has 1 unspecified atom stereocenters. The van der Waals surface area contributed by atoms with Crippen LogP contribution in [0.15, 0.2) is 17.5 Å². The van der Waals surface area contributed by atoms with Gasteiger partial charge in [-0.1, -0.05) is 19.9 Å². The third-order valence-electron chi connectivity index (χ3n) is 2.37. The second-order valence-corrected chi connectivity index (χ2v) is 5.14. The van der Waals surface area contributed by atoms with E-state index in [0.717, 1.165) is 0 Å². The van der Waals surface area contributed by atoms with Gasteiger partial charge >= 0.3 is 0 Å². The number of hydrogen-bond donors (Lipinski definition) is 1. The molecule has 0 aliphatic heterocycles. The molecule has 1 aromatic rings. The van der Waals surface area contributed by atoms with Crippen LogP contribution in [-0.2, 0) is 4.74 Å². The molecule has 0 bridgehead atoms. The van der Waals surface area contributed by atoms with Crippen LogP contribution in [0.25, 0.3) is 0 Å². The minimum absolute atomic E-state index is 0.269. The highest BCUT2D eigenvalue weighted by Crippen LogP contribution is 2.25. The van der Waals surface area contributed by atoms with Gasteiger partial charge in [0.2, 0.25) is 0 Å². The molecule has 5 heteroatoms. The second-order valence-electron chi connectivity index (χ2n) is 4.16. The molecule has 0 fully saturated rings. The van der Waals surface area contributed by atoms with Gasteiger partial charge in [-0.3, -0.25) is 0 Å².